The topological polar surface area (TPSA) is 62.8 Å². The number of nitrogens with one attached hydrogen (secondary N) is 1. The van der Waals surface area contributed by atoms with E-state index >= 15 is 0 Å². The van der Waals surface area contributed by atoms with Gasteiger partial charge in [0.25, 0.3) is 0 Å². The minimum atomic E-state index is -0.135. The maximum absolute atomic E-state index is 12.8. The van der Waals surface area contributed by atoms with E-state index in [1.807, 2.05) is 34.3 Å². The van der Waals surface area contributed by atoms with Gasteiger partial charge in [-0.3, -0.25) is 4.40 Å². The van der Waals surface area contributed by atoms with E-state index < -0.39 is 0 Å². The average molecular weight is 387 g/mol. The van der Waals surface area contributed by atoms with E-state index in [9.17, 15) is 4.79 Å². The molecule has 0 aliphatic rings. The molecule has 0 fully saturated rings. The fourth-order valence-corrected chi connectivity index (χ4v) is 4.31. The normalized spacial score (nSPS) is 11.1. The van der Waals surface area contributed by atoms with Gasteiger partial charge in [0.15, 0.2) is 4.96 Å². The molecule has 0 aliphatic heterocycles. The lowest BCUT2D eigenvalue weighted by atomic mass is 10.3. The molecule has 2 amide bonds. The van der Waals surface area contributed by atoms with Gasteiger partial charge in [-0.2, -0.15) is 0 Å². The molecule has 4 heterocycles. The van der Waals surface area contributed by atoms with E-state index in [-0.39, 0.29) is 6.03 Å². The fourth-order valence-electron chi connectivity index (χ4n) is 2.69. The van der Waals surface area contributed by atoms with Crippen LogP contribution in [0.15, 0.2) is 52.7 Å². The molecule has 134 valence electrons. The molecule has 4 aromatic heterocycles. The summed E-state index contributed by atoms with van der Waals surface area (Å²) in [5.74, 6) is 0.760. The summed E-state index contributed by atoms with van der Waals surface area (Å²) in [6.07, 6.45) is 5.52. The van der Waals surface area contributed by atoms with E-state index in [0.29, 0.717) is 19.6 Å². The van der Waals surface area contributed by atoms with Crippen molar-refractivity contribution in [2.45, 2.75) is 26.6 Å². The molecule has 0 aliphatic carbocycles. The molecular weight excluding hydrogens is 368 g/mol. The monoisotopic (exact) mass is 386 g/mol. The van der Waals surface area contributed by atoms with E-state index in [0.717, 1.165) is 21.3 Å². The van der Waals surface area contributed by atoms with Gasteiger partial charge in [-0.25, -0.2) is 9.78 Å². The van der Waals surface area contributed by atoms with Crippen molar-refractivity contribution < 1.29 is 9.21 Å². The number of hydrogen-bond donors (Lipinski definition) is 1. The molecule has 0 saturated heterocycles. The average Bonchev–Trinajstić information content (AvgIpc) is 3.37. The molecule has 6 nitrogen and oxygen atoms in total. The summed E-state index contributed by atoms with van der Waals surface area (Å²) in [6.45, 7) is 3.43. The van der Waals surface area contributed by atoms with Gasteiger partial charge < -0.3 is 14.6 Å². The lowest BCUT2D eigenvalue weighted by Crippen LogP contribution is -2.38. The molecule has 1 N–H and O–H groups in total. The number of carbonyl (C=O) groups excluding carboxylic acids is 1. The molecule has 8 heteroatoms. The molecule has 26 heavy (non-hydrogen) atoms. The van der Waals surface area contributed by atoms with Gasteiger partial charge in [-0.15, -0.1) is 22.7 Å². The maximum Gasteiger partial charge on any atom is 0.318 e. The van der Waals surface area contributed by atoms with Crippen molar-refractivity contribution in [2.75, 3.05) is 0 Å². The minimum Gasteiger partial charge on any atom is -0.467 e. The summed E-state index contributed by atoms with van der Waals surface area (Å²) < 4.78 is 7.38. The largest absolute Gasteiger partial charge is 0.467 e. The van der Waals surface area contributed by atoms with Crippen molar-refractivity contribution in [3.8, 4) is 0 Å². The van der Waals surface area contributed by atoms with Gasteiger partial charge in [0.1, 0.15) is 5.76 Å². The van der Waals surface area contributed by atoms with Gasteiger partial charge in [-0.05, 0) is 31.2 Å². The molecule has 0 saturated carbocycles. The molecule has 4 rings (SSSR count). The molecule has 0 bridgehead atoms. The number of thiazole rings is 1. The number of amides is 2. The van der Waals surface area contributed by atoms with E-state index in [1.54, 1.807) is 33.8 Å². The number of rotatable bonds is 6. The molecule has 4 aromatic rings. The van der Waals surface area contributed by atoms with Crippen LogP contribution in [-0.4, -0.2) is 20.3 Å². The zero-order valence-electron chi connectivity index (χ0n) is 14.2. The summed E-state index contributed by atoms with van der Waals surface area (Å²) in [7, 11) is 0. The Morgan fingerprint density at radius 3 is 3.00 bits per heavy atom. The highest BCUT2D eigenvalue weighted by atomic mass is 32.1. The highest BCUT2D eigenvalue weighted by molar-refractivity contribution is 7.15. The summed E-state index contributed by atoms with van der Waals surface area (Å²) in [6, 6.07) is 7.71. The molecule has 0 spiro atoms. The van der Waals surface area contributed by atoms with Crippen LogP contribution in [0.2, 0.25) is 0 Å². The second kappa shape index (κ2) is 7.35. The Kier molecular flexibility index (Phi) is 4.77. The first-order valence-electron chi connectivity index (χ1n) is 8.19. The van der Waals surface area contributed by atoms with Crippen LogP contribution in [0.4, 0.5) is 4.79 Å². The predicted molar refractivity (Wildman–Crippen MR) is 102 cm³/mol. The Hall–Kier alpha value is -2.58. The van der Waals surface area contributed by atoms with Crippen LogP contribution < -0.4 is 5.32 Å². The van der Waals surface area contributed by atoms with Gasteiger partial charge in [0.2, 0.25) is 0 Å². The number of aryl methyl sites for hydroxylation is 1. The van der Waals surface area contributed by atoms with Crippen LogP contribution in [0, 0.1) is 6.92 Å². The summed E-state index contributed by atoms with van der Waals surface area (Å²) in [5, 5.41) is 4.95. The summed E-state index contributed by atoms with van der Waals surface area (Å²) in [4.78, 5) is 22.3. The van der Waals surface area contributed by atoms with Crippen LogP contribution in [0.25, 0.3) is 4.96 Å². The zero-order valence-corrected chi connectivity index (χ0v) is 15.8. The van der Waals surface area contributed by atoms with Crippen molar-refractivity contribution in [1.82, 2.24) is 19.6 Å². The number of fused-ring (bicyclic) bond motifs is 1. The number of carbonyl (C=O) groups is 1. The first-order chi connectivity index (χ1) is 12.7. The van der Waals surface area contributed by atoms with Crippen LogP contribution in [-0.2, 0) is 19.6 Å². The number of nitrogens with zero attached hydrogens (tertiary/aromatic N) is 3. The third kappa shape index (κ3) is 3.81. The highest BCUT2D eigenvalue weighted by Gasteiger charge is 2.17. The number of imidazole rings is 1. The lowest BCUT2D eigenvalue weighted by Gasteiger charge is -2.21. The third-order valence-corrected chi connectivity index (χ3v) is 5.68. The SMILES string of the molecule is Cc1ccc(CN(Cc2ccco2)C(=O)NCc2cn3ccsc3n2)s1. The zero-order chi connectivity index (χ0) is 17.9. The first kappa shape index (κ1) is 16.9. The summed E-state index contributed by atoms with van der Waals surface area (Å²) in [5.41, 5.74) is 0.843. The van der Waals surface area contributed by atoms with Crippen molar-refractivity contribution in [3.63, 3.8) is 0 Å². The van der Waals surface area contributed by atoms with E-state index in [4.69, 9.17) is 4.42 Å². The highest BCUT2D eigenvalue weighted by Crippen LogP contribution is 2.19. The van der Waals surface area contributed by atoms with Crippen LogP contribution >= 0.6 is 22.7 Å². The van der Waals surface area contributed by atoms with Gasteiger partial charge in [0, 0.05) is 27.5 Å². The van der Waals surface area contributed by atoms with Crippen molar-refractivity contribution in [3.05, 3.63) is 69.5 Å². The number of thiophene rings is 1. The van der Waals surface area contributed by atoms with Crippen molar-refractivity contribution in [1.29, 1.82) is 0 Å². The maximum atomic E-state index is 12.8. The fraction of sp³-hybridized carbons (Fsp3) is 0.222. The Labute approximate surface area is 158 Å². The number of urea groups is 1. The van der Waals surface area contributed by atoms with Gasteiger partial charge in [-0.1, -0.05) is 0 Å². The Bertz CT molecular complexity index is 971. The second-order valence-electron chi connectivity index (χ2n) is 5.93. The smallest absolute Gasteiger partial charge is 0.318 e. The van der Waals surface area contributed by atoms with Crippen LogP contribution in [0.1, 0.15) is 21.2 Å². The van der Waals surface area contributed by atoms with Crippen LogP contribution in [0.5, 0.6) is 0 Å². The second-order valence-corrected chi connectivity index (χ2v) is 8.18. The molecule has 0 aromatic carbocycles. The third-order valence-electron chi connectivity index (χ3n) is 3.92. The molecule has 0 atom stereocenters. The van der Waals surface area contributed by atoms with E-state index in [2.05, 4.69) is 29.4 Å². The molecular formula is C18H18N4O2S2. The first-order valence-corrected chi connectivity index (χ1v) is 9.88. The quantitative estimate of drug-likeness (QED) is 0.538. The number of aromatic nitrogens is 2. The predicted octanol–water partition coefficient (Wildman–Crippen LogP) is 4.27. The van der Waals surface area contributed by atoms with Gasteiger partial charge in [0.05, 0.1) is 31.6 Å². The number of furan rings is 1. The number of hydrogen-bond acceptors (Lipinski definition) is 5. The standard InChI is InChI=1S/C18H18N4O2S2/c1-13-4-5-16(26-13)12-22(11-15-3-2-7-24-15)17(23)19-9-14-10-21-6-8-25-18(21)20-14/h2-8,10H,9,11-12H2,1H3,(H,19,23). The lowest BCUT2D eigenvalue weighted by molar-refractivity contribution is 0.187. The minimum absolute atomic E-state index is 0.135. The molecule has 0 radical (unpaired) electrons. The van der Waals surface area contributed by atoms with Crippen LogP contribution in [0.3, 0.4) is 0 Å². The summed E-state index contributed by atoms with van der Waals surface area (Å²) >= 11 is 3.27. The Morgan fingerprint density at radius 2 is 2.27 bits per heavy atom. The Morgan fingerprint density at radius 1 is 1.35 bits per heavy atom. The van der Waals surface area contributed by atoms with Crippen molar-refractivity contribution >= 4 is 33.7 Å². The van der Waals surface area contributed by atoms with Gasteiger partial charge >= 0.3 is 6.03 Å². The molecule has 0 unspecified atom stereocenters. The van der Waals surface area contributed by atoms with E-state index in [1.165, 1.54) is 4.88 Å². The Balaban J connectivity index is 1.44. The van der Waals surface area contributed by atoms with Crippen molar-refractivity contribution in [2.24, 2.45) is 0 Å².